The second-order valence-electron chi connectivity index (χ2n) is 3.26. The third-order valence-electron chi connectivity index (χ3n) is 2.62. The van der Waals surface area contributed by atoms with Crippen molar-refractivity contribution in [3.05, 3.63) is 0 Å². The summed E-state index contributed by atoms with van der Waals surface area (Å²) in [5.74, 6) is 0. The maximum atomic E-state index is 9.38. The van der Waals surface area contributed by atoms with E-state index in [1.165, 1.54) is 6.42 Å². The maximum Gasteiger partial charge on any atom is 0.0966 e. The van der Waals surface area contributed by atoms with Gasteiger partial charge in [0, 0.05) is 12.6 Å². The van der Waals surface area contributed by atoms with Crippen molar-refractivity contribution in [2.24, 2.45) is 0 Å². The van der Waals surface area contributed by atoms with Crippen molar-refractivity contribution in [3.63, 3.8) is 0 Å². The summed E-state index contributed by atoms with van der Waals surface area (Å²) >= 11 is 0. The first-order valence-electron chi connectivity index (χ1n) is 3.89. The molecule has 2 heterocycles. The molecule has 2 aliphatic rings. The van der Waals surface area contributed by atoms with E-state index in [2.05, 4.69) is 4.90 Å². The fraction of sp³-hybridized carbons (Fsp3) is 1.00. The lowest BCUT2D eigenvalue weighted by Gasteiger charge is -2.14. The molecule has 10 heavy (non-hydrogen) atoms. The summed E-state index contributed by atoms with van der Waals surface area (Å²) in [7, 11) is 0. The van der Waals surface area contributed by atoms with Gasteiger partial charge in [-0.1, -0.05) is 0 Å². The minimum Gasteiger partial charge on any atom is -0.389 e. The third-order valence-corrected chi connectivity index (χ3v) is 2.62. The molecule has 2 fully saturated rings. The summed E-state index contributed by atoms with van der Waals surface area (Å²) in [5.41, 5.74) is 0. The zero-order chi connectivity index (χ0) is 7.14. The van der Waals surface area contributed by atoms with Crippen LogP contribution in [0.5, 0.6) is 0 Å². The molecule has 2 aliphatic heterocycles. The first kappa shape index (κ1) is 6.58. The molecule has 2 saturated heterocycles. The number of aliphatic hydroxyl groups excluding tert-OH is 2. The number of fused-ring (bicyclic) bond motifs is 1. The molecule has 2 N–H and O–H groups in total. The summed E-state index contributed by atoms with van der Waals surface area (Å²) in [6.45, 7) is 1.73. The average molecular weight is 143 g/mol. The third kappa shape index (κ3) is 0.779. The highest BCUT2D eigenvalue weighted by Crippen LogP contribution is 2.27. The van der Waals surface area contributed by atoms with Crippen LogP contribution in [0.3, 0.4) is 0 Å². The van der Waals surface area contributed by atoms with Crippen molar-refractivity contribution in [2.45, 2.75) is 31.1 Å². The molecule has 3 atom stereocenters. The second kappa shape index (κ2) is 2.19. The molecule has 3 nitrogen and oxygen atoms in total. The van der Waals surface area contributed by atoms with Crippen LogP contribution in [0.15, 0.2) is 0 Å². The van der Waals surface area contributed by atoms with E-state index >= 15 is 0 Å². The minimum absolute atomic E-state index is 0.259. The van der Waals surface area contributed by atoms with E-state index in [4.69, 9.17) is 0 Å². The van der Waals surface area contributed by atoms with Gasteiger partial charge in [0.25, 0.3) is 0 Å². The fourth-order valence-corrected chi connectivity index (χ4v) is 2.07. The fourth-order valence-electron chi connectivity index (χ4n) is 2.07. The van der Waals surface area contributed by atoms with Crippen molar-refractivity contribution in [3.8, 4) is 0 Å². The molecular weight excluding hydrogens is 130 g/mol. The molecule has 0 unspecified atom stereocenters. The molecule has 0 radical (unpaired) electrons. The smallest absolute Gasteiger partial charge is 0.0966 e. The van der Waals surface area contributed by atoms with Crippen LogP contribution in [0.1, 0.15) is 12.8 Å². The Bertz CT molecular complexity index is 138. The average Bonchev–Trinajstić information content (AvgIpc) is 2.41. The summed E-state index contributed by atoms with van der Waals surface area (Å²) in [6, 6.07) is 0.259. The van der Waals surface area contributed by atoms with E-state index < -0.39 is 12.2 Å². The van der Waals surface area contributed by atoms with Gasteiger partial charge in [0.15, 0.2) is 0 Å². The van der Waals surface area contributed by atoms with E-state index in [9.17, 15) is 10.2 Å². The number of hydrogen-bond donors (Lipinski definition) is 2. The SMILES string of the molecule is O[C@@H]1[C@@H](O)CN2CCC[C@@H]12. The van der Waals surface area contributed by atoms with Gasteiger partial charge in [-0.05, 0) is 19.4 Å². The number of rotatable bonds is 0. The molecule has 3 heteroatoms. The topological polar surface area (TPSA) is 43.7 Å². The minimum atomic E-state index is -0.495. The largest absolute Gasteiger partial charge is 0.389 e. The van der Waals surface area contributed by atoms with Crippen molar-refractivity contribution < 1.29 is 10.2 Å². The van der Waals surface area contributed by atoms with Gasteiger partial charge in [-0.2, -0.15) is 0 Å². The zero-order valence-electron chi connectivity index (χ0n) is 5.90. The highest BCUT2D eigenvalue weighted by Gasteiger charge is 2.41. The molecule has 0 aromatic heterocycles. The molecule has 0 saturated carbocycles. The lowest BCUT2D eigenvalue weighted by molar-refractivity contribution is 0.0394. The molecule has 0 amide bonds. The highest BCUT2D eigenvalue weighted by atomic mass is 16.3. The van der Waals surface area contributed by atoms with Gasteiger partial charge >= 0.3 is 0 Å². The van der Waals surface area contributed by atoms with Gasteiger partial charge in [-0.25, -0.2) is 0 Å². The van der Waals surface area contributed by atoms with E-state index in [0.29, 0.717) is 6.54 Å². The highest BCUT2D eigenvalue weighted by molar-refractivity contribution is 4.96. The Labute approximate surface area is 60.3 Å². The lowest BCUT2D eigenvalue weighted by Crippen LogP contribution is -2.30. The standard InChI is InChI=1S/C7H13NO2/c9-6-4-8-3-1-2-5(8)7(6)10/h5-7,9-10H,1-4H2/t5-,6-,7-/m0/s1. The molecule has 58 valence electrons. The number of nitrogens with zero attached hydrogens (tertiary/aromatic N) is 1. The first-order valence-corrected chi connectivity index (χ1v) is 3.89. The molecule has 0 aliphatic carbocycles. The van der Waals surface area contributed by atoms with Gasteiger partial charge in [0.05, 0.1) is 12.2 Å². The maximum absolute atomic E-state index is 9.38. The summed E-state index contributed by atoms with van der Waals surface area (Å²) < 4.78 is 0. The summed E-state index contributed by atoms with van der Waals surface area (Å²) in [6.07, 6.45) is 1.25. The monoisotopic (exact) mass is 143 g/mol. The lowest BCUT2D eigenvalue weighted by atomic mass is 10.1. The van der Waals surface area contributed by atoms with Gasteiger partial charge in [-0.15, -0.1) is 0 Å². The Kier molecular flexibility index (Phi) is 1.44. The zero-order valence-corrected chi connectivity index (χ0v) is 5.90. The Morgan fingerprint density at radius 2 is 2.10 bits per heavy atom. The molecule has 0 aromatic carbocycles. The van der Waals surface area contributed by atoms with Crippen LogP contribution >= 0.6 is 0 Å². The predicted molar refractivity (Wildman–Crippen MR) is 36.6 cm³/mol. The van der Waals surface area contributed by atoms with Crippen molar-refractivity contribution >= 4 is 0 Å². The Morgan fingerprint density at radius 1 is 1.30 bits per heavy atom. The van der Waals surface area contributed by atoms with Crippen LogP contribution < -0.4 is 0 Å². The van der Waals surface area contributed by atoms with Crippen molar-refractivity contribution in [2.75, 3.05) is 13.1 Å². The van der Waals surface area contributed by atoms with E-state index in [1.807, 2.05) is 0 Å². The molecule has 2 rings (SSSR count). The first-order chi connectivity index (χ1) is 4.79. The quantitative estimate of drug-likeness (QED) is 0.466. The Balaban J connectivity index is 2.09. The Morgan fingerprint density at radius 3 is 2.80 bits per heavy atom. The van der Waals surface area contributed by atoms with Gasteiger partial charge in [0.1, 0.15) is 0 Å². The molecular formula is C7H13NO2. The number of hydrogen-bond acceptors (Lipinski definition) is 3. The van der Waals surface area contributed by atoms with Crippen LogP contribution in [0.4, 0.5) is 0 Å². The van der Waals surface area contributed by atoms with E-state index in [1.54, 1.807) is 0 Å². The van der Waals surface area contributed by atoms with Crippen LogP contribution in [-0.2, 0) is 0 Å². The van der Waals surface area contributed by atoms with E-state index in [0.717, 1.165) is 13.0 Å². The van der Waals surface area contributed by atoms with Crippen LogP contribution in [0.25, 0.3) is 0 Å². The van der Waals surface area contributed by atoms with Crippen molar-refractivity contribution in [1.29, 1.82) is 0 Å². The normalized spacial score (nSPS) is 48.0. The van der Waals surface area contributed by atoms with Crippen LogP contribution in [-0.4, -0.2) is 46.5 Å². The Hall–Kier alpha value is -0.120. The van der Waals surface area contributed by atoms with Crippen LogP contribution in [0, 0.1) is 0 Å². The molecule has 0 bridgehead atoms. The predicted octanol–water partition coefficient (Wildman–Crippen LogP) is -0.814. The van der Waals surface area contributed by atoms with Crippen LogP contribution in [0.2, 0.25) is 0 Å². The van der Waals surface area contributed by atoms with Crippen molar-refractivity contribution in [1.82, 2.24) is 4.90 Å². The van der Waals surface area contributed by atoms with Gasteiger partial charge in [0.2, 0.25) is 0 Å². The van der Waals surface area contributed by atoms with E-state index in [-0.39, 0.29) is 6.04 Å². The molecule has 0 spiro atoms. The summed E-state index contributed by atoms with van der Waals surface area (Å²) in [5, 5.41) is 18.6. The van der Waals surface area contributed by atoms with Gasteiger partial charge in [-0.3, -0.25) is 4.90 Å². The number of aliphatic hydroxyl groups is 2. The molecule has 0 aromatic rings. The summed E-state index contributed by atoms with van der Waals surface area (Å²) in [4.78, 5) is 2.18. The second-order valence-corrected chi connectivity index (χ2v) is 3.26. The van der Waals surface area contributed by atoms with Gasteiger partial charge < -0.3 is 10.2 Å².